The predicted molar refractivity (Wildman–Crippen MR) is 80.5 cm³/mol. The molecule has 1 atom stereocenters. The van der Waals surface area contributed by atoms with Crippen molar-refractivity contribution in [3.8, 4) is 5.75 Å². The van der Waals surface area contributed by atoms with Gasteiger partial charge in [0.15, 0.2) is 0 Å². The number of anilines is 1. The fourth-order valence-corrected chi connectivity index (χ4v) is 3.15. The predicted octanol–water partition coefficient (Wildman–Crippen LogP) is 1.69. The van der Waals surface area contributed by atoms with Crippen LogP contribution in [0.2, 0.25) is 0 Å². The van der Waals surface area contributed by atoms with Crippen LogP contribution in [0.3, 0.4) is 0 Å². The van der Waals surface area contributed by atoms with Gasteiger partial charge in [0.05, 0.1) is 5.56 Å². The number of aromatic hydroxyl groups is 1. The summed E-state index contributed by atoms with van der Waals surface area (Å²) in [5.74, 6) is -0.309. The minimum atomic E-state index is -0.636. The highest BCUT2D eigenvalue weighted by Gasteiger charge is 2.41. The number of benzene rings is 1. The summed E-state index contributed by atoms with van der Waals surface area (Å²) >= 11 is 0. The van der Waals surface area contributed by atoms with Gasteiger partial charge in [0.2, 0.25) is 5.91 Å². The number of phenolic OH excluding ortho intramolecular Hbond substituents is 1. The molecular formula is C16H13N3O3. The smallest absolute Gasteiger partial charge is 0.264 e. The first-order valence-electron chi connectivity index (χ1n) is 7.01. The van der Waals surface area contributed by atoms with Crippen molar-refractivity contribution >= 4 is 28.4 Å². The average Bonchev–Trinajstić information content (AvgIpc) is 2.78. The summed E-state index contributed by atoms with van der Waals surface area (Å²) in [7, 11) is 0. The van der Waals surface area contributed by atoms with E-state index in [1.807, 2.05) is 0 Å². The number of allylic oxidation sites excluding steroid dienone is 1. The van der Waals surface area contributed by atoms with Crippen molar-refractivity contribution in [3.63, 3.8) is 0 Å². The number of carbonyl (C=O) groups excluding carboxylic acids is 2. The van der Waals surface area contributed by atoms with Gasteiger partial charge in [0.1, 0.15) is 17.6 Å². The normalized spacial score (nSPS) is 20.6. The molecule has 6 nitrogen and oxygen atoms in total. The van der Waals surface area contributed by atoms with Crippen LogP contribution >= 0.6 is 0 Å². The van der Waals surface area contributed by atoms with E-state index in [0.717, 1.165) is 5.39 Å². The molecule has 0 aliphatic carbocycles. The topological polar surface area (TPSA) is 82.5 Å². The lowest BCUT2D eigenvalue weighted by molar-refractivity contribution is -0.122. The summed E-state index contributed by atoms with van der Waals surface area (Å²) in [6.45, 7) is 3.75. The van der Waals surface area contributed by atoms with Gasteiger partial charge in [-0.25, -0.2) is 4.98 Å². The third kappa shape index (κ3) is 1.57. The maximum Gasteiger partial charge on any atom is 0.264 e. The Morgan fingerprint density at radius 3 is 2.91 bits per heavy atom. The molecule has 6 heteroatoms. The molecule has 2 aliphatic heterocycles. The van der Waals surface area contributed by atoms with Crippen molar-refractivity contribution in [2.45, 2.75) is 18.9 Å². The summed E-state index contributed by atoms with van der Waals surface area (Å²) in [5, 5.41) is 14.1. The van der Waals surface area contributed by atoms with E-state index in [2.05, 4.69) is 16.9 Å². The summed E-state index contributed by atoms with van der Waals surface area (Å²) in [6.07, 6.45) is 2.70. The number of hydrogen-bond donors (Lipinski definition) is 2. The van der Waals surface area contributed by atoms with Gasteiger partial charge in [-0.1, -0.05) is 12.6 Å². The Balaban J connectivity index is 1.89. The highest BCUT2D eigenvalue weighted by Crippen LogP contribution is 2.41. The van der Waals surface area contributed by atoms with E-state index in [-0.39, 0.29) is 23.1 Å². The lowest BCUT2D eigenvalue weighted by atomic mass is 10.0. The van der Waals surface area contributed by atoms with Crippen molar-refractivity contribution in [1.82, 2.24) is 10.3 Å². The highest BCUT2D eigenvalue weighted by molar-refractivity contribution is 6.27. The van der Waals surface area contributed by atoms with Crippen LogP contribution in [0.25, 0.3) is 10.8 Å². The molecule has 4 rings (SSSR count). The number of rotatable bonds is 1. The zero-order valence-electron chi connectivity index (χ0n) is 11.7. The summed E-state index contributed by atoms with van der Waals surface area (Å²) in [6, 6.07) is 4.37. The first-order valence-corrected chi connectivity index (χ1v) is 7.01. The molecule has 1 fully saturated rings. The van der Waals surface area contributed by atoms with Crippen molar-refractivity contribution in [1.29, 1.82) is 0 Å². The Morgan fingerprint density at radius 1 is 1.32 bits per heavy atom. The van der Waals surface area contributed by atoms with Crippen molar-refractivity contribution in [2.75, 3.05) is 4.90 Å². The van der Waals surface area contributed by atoms with Crippen LogP contribution in [0.1, 0.15) is 23.2 Å². The van der Waals surface area contributed by atoms with Gasteiger partial charge in [0, 0.05) is 17.3 Å². The summed E-state index contributed by atoms with van der Waals surface area (Å²) in [5.41, 5.74) is 0.872. The standard InChI is InChI=1S/C16H13N3O3/c1-8-2-4-10(15(21)18-8)19-14-12-9(6-7-17-14)3-5-11(20)13(12)16(19)22/h3,5-7,10,20H,1-2,4H2,(H,18,21). The fourth-order valence-electron chi connectivity index (χ4n) is 3.15. The molecule has 110 valence electrons. The Bertz CT molecular complexity index is 859. The third-order valence-electron chi connectivity index (χ3n) is 4.18. The molecule has 0 saturated carbocycles. The van der Waals surface area contributed by atoms with E-state index in [1.54, 1.807) is 18.3 Å². The van der Waals surface area contributed by atoms with Crippen molar-refractivity contribution in [2.24, 2.45) is 0 Å². The highest BCUT2D eigenvalue weighted by atomic mass is 16.3. The maximum absolute atomic E-state index is 12.7. The number of nitrogens with zero attached hydrogens (tertiary/aromatic N) is 2. The molecule has 1 aromatic heterocycles. The molecule has 2 aromatic rings. The molecule has 0 bridgehead atoms. The van der Waals surface area contributed by atoms with Gasteiger partial charge >= 0.3 is 0 Å². The number of carbonyl (C=O) groups is 2. The van der Waals surface area contributed by atoms with Gasteiger partial charge in [-0.05, 0) is 30.4 Å². The minimum absolute atomic E-state index is 0.0881. The molecule has 2 amide bonds. The molecule has 2 aliphatic rings. The quantitative estimate of drug-likeness (QED) is 0.838. The summed E-state index contributed by atoms with van der Waals surface area (Å²) < 4.78 is 0. The molecule has 1 aromatic carbocycles. The van der Waals surface area contributed by atoms with Crippen LogP contribution in [0.5, 0.6) is 5.75 Å². The van der Waals surface area contributed by atoms with E-state index in [9.17, 15) is 14.7 Å². The second kappa shape index (κ2) is 4.30. The van der Waals surface area contributed by atoms with Crippen molar-refractivity contribution in [3.05, 3.63) is 42.2 Å². The van der Waals surface area contributed by atoms with E-state index < -0.39 is 6.04 Å². The van der Waals surface area contributed by atoms with E-state index >= 15 is 0 Å². The average molecular weight is 295 g/mol. The molecule has 3 heterocycles. The van der Waals surface area contributed by atoms with Gasteiger partial charge in [0.25, 0.3) is 5.91 Å². The van der Waals surface area contributed by atoms with E-state index in [0.29, 0.717) is 29.7 Å². The van der Waals surface area contributed by atoms with Crippen LogP contribution in [0.4, 0.5) is 5.82 Å². The van der Waals surface area contributed by atoms with E-state index in [1.165, 1.54) is 11.0 Å². The SMILES string of the molecule is C=C1CCC(N2C(=O)c3c(O)ccc4ccnc2c34)C(=O)N1. The number of hydrogen-bond acceptors (Lipinski definition) is 4. The summed E-state index contributed by atoms with van der Waals surface area (Å²) in [4.78, 5) is 30.6. The van der Waals surface area contributed by atoms with Gasteiger partial charge in [-0.2, -0.15) is 0 Å². The zero-order valence-corrected chi connectivity index (χ0v) is 11.7. The number of pyridine rings is 1. The monoisotopic (exact) mass is 295 g/mol. The van der Waals surface area contributed by atoms with Gasteiger partial charge < -0.3 is 10.4 Å². The number of phenols is 1. The lowest BCUT2D eigenvalue weighted by Gasteiger charge is -2.30. The molecule has 1 saturated heterocycles. The number of piperidine rings is 1. The maximum atomic E-state index is 12.7. The third-order valence-corrected chi connectivity index (χ3v) is 4.18. The molecule has 1 unspecified atom stereocenters. The molecule has 22 heavy (non-hydrogen) atoms. The first-order chi connectivity index (χ1) is 10.6. The molecule has 0 radical (unpaired) electrons. The van der Waals surface area contributed by atoms with Crippen LogP contribution in [-0.4, -0.2) is 27.9 Å². The second-order valence-corrected chi connectivity index (χ2v) is 5.51. The van der Waals surface area contributed by atoms with Gasteiger partial charge in [-0.15, -0.1) is 0 Å². The van der Waals surface area contributed by atoms with Crippen molar-refractivity contribution < 1.29 is 14.7 Å². The van der Waals surface area contributed by atoms with E-state index in [4.69, 9.17) is 0 Å². The Hall–Kier alpha value is -2.89. The second-order valence-electron chi connectivity index (χ2n) is 5.51. The number of nitrogens with one attached hydrogen (secondary N) is 1. The van der Waals surface area contributed by atoms with Crippen LogP contribution in [-0.2, 0) is 4.79 Å². The molecule has 0 spiro atoms. The van der Waals surface area contributed by atoms with Crippen LogP contribution in [0.15, 0.2) is 36.7 Å². The van der Waals surface area contributed by atoms with Crippen LogP contribution < -0.4 is 10.2 Å². The number of aromatic nitrogens is 1. The fraction of sp³-hybridized carbons (Fsp3) is 0.188. The lowest BCUT2D eigenvalue weighted by Crippen LogP contribution is -2.51. The Labute approximate surface area is 126 Å². The molecular weight excluding hydrogens is 282 g/mol. The zero-order chi connectivity index (χ0) is 15.4. The Morgan fingerprint density at radius 2 is 2.14 bits per heavy atom. The number of amides is 2. The van der Waals surface area contributed by atoms with Crippen LogP contribution in [0, 0.1) is 0 Å². The Kier molecular flexibility index (Phi) is 2.51. The molecule has 2 N–H and O–H groups in total. The first kappa shape index (κ1) is 12.8. The minimum Gasteiger partial charge on any atom is -0.507 e. The van der Waals surface area contributed by atoms with Gasteiger partial charge in [-0.3, -0.25) is 14.5 Å². The largest absolute Gasteiger partial charge is 0.507 e.